The van der Waals surface area contributed by atoms with E-state index in [4.69, 9.17) is 0 Å². The molecule has 0 aromatic rings. The number of nitrogens with one attached hydrogen (secondary N) is 1. The van der Waals surface area contributed by atoms with E-state index in [1.165, 1.54) is 0 Å². The van der Waals surface area contributed by atoms with Crippen LogP contribution in [0.1, 0.15) is 34.6 Å². The molecule has 0 aliphatic carbocycles. The van der Waals surface area contributed by atoms with Crippen LogP contribution in [0.5, 0.6) is 0 Å². The van der Waals surface area contributed by atoms with Crippen molar-refractivity contribution in [2.45, 2.75) is 50.5 Å². The minimum atomic E-state index is -2.15. The van der Waals surface area contributed by atoms with Crippen molar-refractivity contribution < 1.29 is 9.46 Å². The molecule has 3 nitrogen and oxygen atoms in total. The van der Waals surface area contributed by atoms with Gasteiger partial charge in [-0.15, -0.1) is 11.8 Å². The highest BCUT2D eigenvalue weighted by Crippen LogP contribution is 2.50. The summed E-state index contributed by atoms with van der Waals surface area (Å²) in [7, 11) is -2.15. The number of thioether (sulfide) groups is 1. The fourth-order valence-corrected chi connectivity index (χ4v) is 4.23. The van der Waals surface area contributed by atoms with E-state index in [2.05, 4.69) is 26.1 Å². The van der Waals surface area contributed by atoms with Crippen molar-refractivity contribution in [2.24, 2.45) is 5.41 Å². The van der Waals surface area contributed by atoms with Gasteiger partial charge in [0.2, 0.25) is 0 Å². The maximum Gasteiger partial charge on any atom is 0.526 e. The molecule has 82 valence electrons. The molecule has 2 N–H and O–H groups in total. The summed E-state index contributed by atoms with van der Waals surface area (Å²) in [6.07, 6.45) is 0. The molecule has 1 saturated heterocycles. The normalized spacial score (nSPS) is 33.1. The molecule has 0 amide bonds. The summed E-state index contributed by atoms with van der Waals surface area (Å²) in [5.74, 6) is -0.299. The average Bonchev–Trinajstić information content (AvgIpc) is 2.23. The predicted molar refractivity (Wildman–Crippen MR) is 61.7 cm³/mol. The molecule has 3 atom stereocenters. The van der Waals surface area contributed by atoms with E-state index in [1.54, 1.807) is 11.8 Å². The highest BCUT2D eigenvalue weighted by Gasteiger charge is 2.54. The number of rotatable bonds is 1. The zero-order chi connectivity index (χ0) is 11.1. The summed E-state index contributed by atoms with van der Waals surface area (Å²) in [6.45, 7) is 10.5. The summed E-state index contributed by atoms with van der Waals surface area (Å²) in [4.78, 5) is 9.20. The van der Waals surface area contributed by atoms with Crippen LogP contribution < -0.4 is 5.32 Å². The Labute approximate surface area is 90.9 Å². The van der Waals surface area contributed by atoms with E-state index in [0.29, 0.717) is 0 Å². The molecule has 1 aliphatic rings. The maximum absolute atomic E-state index is 11.2. The lowest BCUT2D eigenvalue weighted by Crippen LogP contribution is -2.39. The van der Waals surface area contributed by atoms with Crippen molar-refractivity contribution in [2.75, 3.05) is 0 Å². The molecule has 5 heteroatoms. The molecule has 1 aliphatic heterocycles. The Morgan fingerprint density at radius 2 is 1.93 bits per heavy atom. The second kappa shape index (κ2) is 3.75. The van der Waals surface area contributed by atoms with E-state index in [-0.39, 0.29) is 21.3 Å². The van der Waals surface area contributed by atoms with Crippen molar-refractivity contribution in [1.29, 1.82) is 0 Å². The van der Waals surface area contributed by atoms with Gasteiger partial charge in [0.1, 0.15) is 0 Å². The largest absolute Gasteiger partial charge is 0.526 e. The van der Waals surface area contributed by atoms with Crippen LogP contribution in [-0.4, -0.2) is 20.8 Å². The monoisotopic (exact) mass is 236 g/mol. The molecule has 1 fully saturated rings. The Morgan fingerprint density at radius 3 is 2.14 bits per heavy atom. The molecule has 0 saturated carbocycles. The number of hydrogen-bond donors (Lipinski definition) is 2. The fraction of sp³-hybridized carbons (Fsp3) is 1.00. The Hall–Kier alpha value is 0.370. The Kier molecular flexibility index (Phi) is 3.33. The van der Waals surface area contributed by atoms with Crippen molar-refractivity contribution in [1.82, 2.24) is 5.32 Å². The fourth-order valence-electron chi connectivity index (χ4n) is 1.50. The summed E-state index contributed by atoms with van der Waals surface area (Å²) in [6, 6.07) is 0. The van der Waals surface area contributed by atoms with E-state index in [1.807, 2.05) is 13.8 Å². The van der Waals surface area contributed by atoms with E-state index in [0.717, 1.165) is 0 Å². The highest BCUT2D eigenvalue weighted by molar-refractivity contribution is 8.01. The molecule has 3 unspecified atom stereocenters. The number of hydrogen-bond acceptors (Lipinski definition) is 3. The van der Waals surface area contributed by atoms with Gasteiger partial charge in [0.25, 0.3) is 5.78 Å². The van der Waals surface area contributed by atoms with E-state index >= 15 is 0 Å². The molecular weight excluding hydrogens is 217 g/mol. The van der Waals surface area contributed by atoms with E-state index in [9.17, 15) is 9.46 Å². The Balaban J connectivity index is 2.82. The molecule has 0 bridgehead atoms. The van der Waals surface area contributed by atoms with Gasteiger partial charge in [-0.3, -0.25) is 5.32 Å². The topological polar surface area (TPSA) is 49.3 Å². The first kappa shape index (κ1) is 12.4. The quantitative estimate of drug-likeness (QED) is 0.687. The Bertz CT molecular complexity index is 250. The van der Waals surface area contributed by atoms with Crippen molar-refractivity contribution in [3.63, 3.8) is 0 Å². The lowest BCUT2D eigenvalue weighted by Gasteiger charge is -2.26. The van der Waals surface area contributed by atoms with Crippen LogP contribution in [-0.2, 0) is 4.57 Å². The van der Waals surface area contributed by atoms with Crippen molar-refractivity contribution in [3.8, 4) is 0 Å². The van der Waals surface area contributed by atoms with Crippen LogP contribution >= 0.6 is 19.8 Å². The third kappa shape index (κ3) is 2.48. The van der Waals surface area contributed by atoms with Gasteiger partial charge in [-0.05, 0) is 23.8 Å². The summed E-state index contributed by atoms with van der Waals surface area (Å²) >= 11 is 1.76. The standard InChI is InChI=1S/C9H18NO2PS/c1-8(2,3)7-10-6(13(11)12)9(4,5)14-7/h6-7,10H,1-5H3/p+1. The second-order valence-corrected chi connectivity index (χ2v) is 8.22. The van der Waals surface area contributed by atoms with Crippen LogP contribution in [0.25, 0.3) is 0 Å². The van der Waals surface area contributed by atoms with Gasteiger partial charge in [-0.25, -0.2) is 0 Å². The zero-order valence-corrected chi connectivity index (χ0v) is 11.1. The van der Waals surface area contributed by atoms with Gasteiger partial charge >= 0.3 is 8.03 Å². The molecular formula is C9H19NO2PS+. The zero-order valence-electron chi connectivity index (χ0n) is 9.37. The minimum Gasteiger partial charge on any atom is -0.257 e. The predicted octanol–water partition coefficient (Wildman–Crippen LogP) is 2.53. The maximum atomic E-state index is 11.2. The highest BCUT2D eigenvalue weighted by atomic mass is 32.2. The molecule has 0 spiro atoms. The van der Waals surface area contributed by atoms with Crippen LogP contribution in [0.3, 0.4) is 0 Å². The van der Waals surface area contributed by atoms with Gasteiger partial charge in [0.05, 0.1) is 10.1 Å². The SMILES string of the molecule is CC(C)(C)C1NC([P+](=O)O)C(C)(C)S1. The first-order valence-electron chi connectivity index (χ1n) is 4.74. The van der Waals surface area contributed by atoms with Crippen LogP contribution in [0.2, 0.25) is 0 Å². The van der Waals surface area contributed by atoms with Crippen molar-refractivity contribution >= 4 is 19.8 Å². The molecule has 0 radical (unpaired) electrons. The lowest BCUT2D eigenvalue weighted by molar-refractivity contribution is 0.345. The van der Waals surface area contributed by atoms with Gasteiger partial charge in [0.15, 0.2) is 0 Å². The Morgan fingerprint density at radius 1 is 1.43 bits per heavy atom. The van der Waals surface area contributed by atoms with E-state index < -0.39 is 8.03 Å². The van der Waals surface area contributed by atoms with Crippen LogP contribution in [0.4, 0.5) is 0 Å². The first-order valence-corrected chi connectivity index (χ1v) is 6.90. The lowest BCUT2D eigenvalue weighted by atomic mass is 9.96. The minimum absolute atomic E-state index is 0.113. The molecule has 1 rings (SSSR count). The van der Waals surface area contributed by atoms with Gasteiger partial charge in [0, 0.05) is 0 Å². The van der Waals surface area contributed by atoms with Crippen LogP contribution in [0, 0.1) is 5.41 Å². The van der Waals surface area contributed by atoms with Crippen molar-refractivity contribution in [3.05, 3.63) is 0 Å². The van der Waals surface area contributed by atoms with Gasteiger partial charge in [-0.2, -0.15) is 4.89 Å². The molecule has 14 heavy (non-hydrogen) atoms. The summed E-state index contributed by atoms with van der Waals surface area (Å²) < 4.78 is 11.0. The second-order valence-electron chi connectivity index (χ2n) is 5.34. The average molecular weight is 236 g/mol. The third-order valence-corrected chi connectivity index (χ3v) is 5.73. The van der Waals surface area contributed by atoms with Gasteiger partial charge < -0.3 is 0 Å². The first-order chi connectivity index (χ1) is 6.14. The van der Waals surface area contributed by atoms with Gasteiger partial charge in [-0.1, -0.05) is 20.8 Å². The molecule has 1 heterocycles. The molecule has 0 aromatic heterocycles. The summed E-state index contributed by atoms with van der Waals surface area (Å²) in [5, 5.41) is 3.49. The third-order valence-electron chi connectivity index (χ3n) is 2.40. The smallest absolute Gasteiger partial charge is 0.257 e. The molecule has 0 aromatic carbocycles. The van der Waals surface area contributed by atoms with Crippen LogP contribution in [0.15, 0.2) is 0 Å². The summed E-state index contributed by atoms with van der Waals surface area (Å²) in [5.41, 5.74) is 0.113.